The molecule has 134 valence electrons. The molecule has 26 heavy (non-hydrogen) atoms. The fourth-order valence-electron chi connectivity index (χ4n) is 2.66. The molecule has 1 N–H and O–H groups in total. The van der Waals surface area contributed by atoms with Crippen LogP contribution in [-0.2, 0) is 6.61 Å². The summed E-state index contributed by atoms with van der Waals surface area (Å²) < 4.78 is 11.4. The second-order valence-corrected chi connectivity index (χ2v) is 6.73. The summed E-state index contributed by atoms with van der Waals surface area (Å²) >= 11 is 5.98. The van der Waals surface area contributed by atoms with E-state index in [4.69, 9.17) is 20.8 Å². The molecule has 3 rings (SSSR count). The van der Waals surface area contributed by atoms with Gasteiger partial charge < -0.3 is 14.5 Å². The number of amides is 1. The van der Waals surface area contributed by atoms with Crippen LogP contribution < -0.4 is 10.1 Å². The van der Waals surface area contributed by atoms with Gasteiger partial charge in [0, 0.05) is 10.7 Å². The highest BCUT2D eigenvalue weighted by Gasteiger charge is 2.13. The third-order valence-electron chi connectivity index (χ3n) is 3.91. The average Bonchev–Trinajstić information content (AvgIpc) is 3.04. The lowest BCUT2D eigenvalue weighted by molar-refractivity contribution is 0.0992. The van der Waals surface area contributed by atoms with E-state index in [0.29, 0.717) is 16.5 Å². The molecule has 1 aromatic heterocycles. The number of halogens is 1. The smallest absolute Gasteiger partial charge is 0.291 e. The molecule has 0 aliphatic rings. The highest BCUT2D eigenvalue weighted by Crippen LogP contribution is 2.22. The largest absolute Gasteiger partial charge is 0.486 e. The van der Waals surface area contributed by atoms with Gasteiger partial charge in [-0.05, 0) is 73.9 Å². The SMILES string of the molecule is Cc1cc(C)cc(OCc2ccc(C(=O)Nc3cc(Cl)ccc3C)o2)c1. The Labute approximate surface area is 157 Å². The van der Waals surface area contributed by atoms with Crippen LogP contribution in [0.1, 0.15) is 33.0 Å². The van der Waals surface area contributed by atoms with Gasteiger partial charge in [-0.3, -0.25) is 4.79 Å². The number of carbonyl (C=O) groups excluding carboxylic acids is 1. The molecule has 0 aliphatic heterocycles. The minimum atomic E-state index is -0.326. The Hall–Kier alpha value is -2.72. The van der Waals surface area contributed by atoms with Gasteiger partial charge in [0.05, 0.1) is 0 Å². The van der Waals surface area contributed by atoms with Gasteiger partial charge in [-0.1, -0.05) is 23.7 Å². The van der Waals surface area contributed by atoms with Gasteiger partial charge in [-0.2, -0.15) is 0 Å². The van der Waals surface area contributed by atoms with Crippen LogP contribution in [0.25, 0.3) is 0 Å². The number of aryl methyl sites for hydroxylation is 3. The van der Waals surface area contributed by atoms with E-state index in [2.05, 4.69) is 11.4 Å². The molecule has 0 spiro atoms. The summed E-state index contributed by atoms with van der Waals surface area (Å²) in [5, 5.41) is 3.37. The first-order valence-electron chi connectivity index (χ1n) is 8.28. The number of hydrogen-bond donors (Lipinski definition) is 1. The molecule has 0 radical (unpaired) electrons. The molecular weight excluding hydrogens is 350 g/mol. The van der Waals surface area contributed by atoms with Gasteiger partial charge in [0.15, 0.2) is 5.76 Å². The van der Waals surface area contributed by atoms with E-state index < -0.39 is 0 Å². The third-order valence-corrected chi connectivity index (χ3v) is 4.14. The predicted molar refractivity (Wildman–Crippen MR) is 103 cm³/mol. The molecule has 2 aromatic carbocycles. The quantitative estimate of drug-likeness (QED) is 0.628. The first kappa shape index (κ1) is 18.1. The van der Waals surface area contributed by atoms with E-state index in [1.807, 2.05) is 39.0 Å². The lowest BCUT2D eigenvalue weighted by Crippen LogP contribution is -2.11. The Balaban J connectivity index is 1.65. The van der Waals surface area contributed by atoms with Crippen LogP contribution in [0.3, 0.4) is 0 Å². The Morgan fingerprint density at radius 2 is 1.77 bits per heavy atom. The predicted octanol–water partition coefficient (Wildman–Crippen LogP) is 5.69. The van der Waals surface area contributed by atoms with Crippen molar-refractivity contribution in [1.29, 1.82) is 0 Å². The standard InChI is InChI=1S/C21H20ClNO3/c1-13-8-14(2)10-18(9-13)25-12-17-6-7-20(26-17)21(24)23-19-11-16(22)5-4-15(19)3/h4-11H,12H2,1-3H3,(H,23,24). The van der Waals surface area contributed by atoms with Crippen molar-refractivity contribution >= 4 is 23.2 Å². The van der Waals surface area contributed by atoms with Gasteiger partial charge in [-0.15, -0.1) is 0 Å². The zero-order valence-corrected chi connectivity index (χ0v) is 15.7. The lowest BCUT2D eigenvalue weighted by Gasteiger charge is -2.08. The van der Waals surface area contributed by atoms with Crippen LogP contribution in [0.5, 0.6) is 5.75 Å². The van der Waals surface area contributed by atoms with Gasteiger partial charge >= 0.3 is 0 Å². The van der Waals surface area contributed by atoms with Gasteiger partial charge in [0.25, 0.3) is 5.91 Å². The van der Waals surface area contributed by atoms with E-state index >= 15 is 0 Å². The normalized spacial score (nSPS) is 10.6. The molecule has 1 amide bonds. The third kappa shape index (κ3) is 4.46. The number of rotatable bonds is 5. The summed E-state index contributed by atoms with van der Waals surface area (Å²) in [5.74, 6) is 1.26. The Bertz CT molecular complexity index is 926. The molecule has 1 heterocycles. The van der Waals surface area contributed by atoms with Crippen LogP contribution >= 0.6 is 11.6 Å². The van der Waals surface area contributed by atoms with E-state index in [1.54, 1.807) is 24.3 Å². The number of furan rings is 1. The van der Waals surface area contributed by atoms with Crippen molar-refractivity contribution in [2.45, 2.75) is 27.4 Å². The molecule has 0 fully saturated rings. The zero-order valence-electron chi connectivity index (χ0n) is 14.9. The Kier molecular flexibility index (Phi) is 5.33. The summed E-state index contributed by atoms with van der Waals surface area (Å²) in [7, 11) is 0. The number of hydrogen-bond acceptors (Lipinski definition) is 3. The lowest BCUT2D eigenvalue weighted by atomic mass is 10.1. The molecule has 0 aliphatic carbocycles. The van der Waals surface area contributed by atoms with Crippen molar-refractivity contribution in [3.63, 3.8) is 0 Å². The van der Waals surface area contributed by atoms with Crippen molar-refractivity contribution in [2.24, 2.45) is 0 Å². The van der Waals surface area contributed by atoms with E-state index in [9.17, 15) is 4.79 Å². The minimum absolute atomic E-state index is 0.225. The van der Waals surface area contributed by atoms with E-state index in [-0.39, 0.29) is 18.3 Å². The summed E-state index contributed by atoms with van der Waals surface area (Å²) in [5.41, 5.74) is 3.85. The summed E-state index contributed by atoms with van der Waals surface area (Å²) in [6.07, 6.45) is 0. The van der Waals surface area contributed by atoms with E-state index in [0.717, 1.165) is 22.4 Å². The first-order valence-corrected chi connectivity index (χ1v) is 8.66. The molecule has 0 saturated heterocycles. The molecule has 0 unspecified atom stereocenters. The van der Waals surface area contributed by atoms with Crippen LogP contribution in [0, 0.1) is 20.8 Å². The Morgan fingerprint density at radius 1 is 1.04 bits per heavy atom. The minimum Gasteiger partial charge on any atom is -0.486 e. The molecule has 0 bridgehead atoms. The first-order chi connectivity index (χ1) is 12.4. The summed E-state index contributed by atoms with van der Waals surface area (Å²) in [6.45, 7) is 6.20. The number of carbonyl (C=O) groups is 1. The van der Waals surface area contributed by atoms with E-state index in [1.165, 1.54) is 0 Å². The maximum atomic E-state index is 12.4. The van der Waals surface area contributed by atoms with Crippen LogP contribution in [0.2, 0.25) is 5.02 Å². The number of nitrogens with one attached hydrogen (secondary N) is 1. The number of benzene rings is 2. The maximum absolute atomic E-state index is 12.4. The van der Waals surface area contributed by atoms with Crippen molar-refractivity contribution < 1.29 is 13.9 Å². The topological polar surface area (TPSA) is 51.5 Å². The molecular formula is C21H20ClNO3. The summed E-state index contributed by atoms with van der Waals surface area (Å²) in [4.78, 5) is 12.4. The highest BCUT2D eigenvalue weighted by atomic mass is 35.5. The van der Waals surface area contributed by atoms with Crippen LogP contribution in [-0.4, -0.2) is 5.91 Å². The molecule has 0 saturated carbocycles. The van der Waals surface area contributed by atoms with Gasteiger partial charge in [0.1, 0.15) is 18.1 Å². The molecule has 5 heteroatoms. The monoisotopic (exact) mass is 369 g/mol. The average molecular weight is 370 g/mol. The second kappa shape index (κ2) is 7.67. The van der Waals surface area contributed by atoms with Crippen molar-refractivity contribution in [1.82, 2.24) is 0 Å². The van der Waals surface area contributed by atoms with Gasteiger partial charge in [-0.25, -0.2) is 0 Å². The molecule has 4 nitrogen and oxygen atoms in total. The fourth-order valence-corrected chi connectivity index (χ4v) is 2.83. The fraction of sp³-hybridized carbons (Fsp3) is 0.190. The maximum Gasteiger partial charge on any atom is 0.291 e. The second-order valence-electron chi connectivity index (χ2n) is 6.29. The number of ether oxygens (including phenoxy) is 1. The van der Waals surface area contributed by atoms with Crippen LogP contribution in [0.15, 0.2) is 52.9 Å². The number of anilines is 1. The molecule has 3 aromatic rings. The molecule has 0 atom stereocenters. The van der Waals surface area contributed by atoms with Gasteiger partial charge in [0.2, 0.25) is 0 Å². The van der Waals surface area contributed by atoms with Crippen LogP contribution in [0.4, 0.5) is 5.69 Å². The van der Waals surface area contributed by atoms with Crippen molar-refractivity contribution in [3.05, 3.63) is 81.8 Å². The highest BCUT2D eigenvalue weighted by molar-refractivity contribution is 6.31. The van der Waals surface area contributed by atoms with Crippen molar-refractivity contribution in [3.8, 4) is 5.75 Å². The zero-order chi connectivity index (χ0) is 18.7. The Morgan fingerprint density at radius 3 is 2.50 bits per heavy atom. The van der Waals surface area contributed by atoms with Crippen molar-refractivity contribution in [2.75, 3.05) is 5.32 Å². The summed E-state index contributed by atoms with van der Waals surface area (Å²) in [6, 6.07) is 14.7.